The SMILES string of the molecule is CCCNCC1CCc2nc(-c3cnccn3)ncc2C1. The van der Waals surface area contributed by atoms with E-state index in [1.54, 1.807) is 18.6 Å². The lowest BCUT2D eigenvalue weighted by Crippen LogP contribution is -2.28. The largest absolute Gasteiger partial charge is 0.316 e. The van der Waals surface area contributed by atoms with E-state index in [1.807, 2.05) is 6.20 Å². The Balaban J connectivity index is 1.71. The Kier molecular flexibility index (Phi) is 4.50. The monoisotopic (exact) mass is 283 g/mol. The Morgan fingerprint density at radius 3 is 3.00 bits per heavy atom. The molecule has 0 spiro atoms. The Morgan fingerprint density at radius 1 is 1.24 bits per heavy atom. The van der Waals surface area contributed by atoms with Gasteiger partial charge in [0.15, 0.2) is 5.82 Å². The molecule has 0 saturated heterocycles. The summed E-state index contributed by atoms with van der Waals surface area (Å²) in [6.45, 7) is 4.40. The summed E-state index contributed by atoms with van der Waals surface area (Å²) < 4.78 is 0. The van der Waals surface area contributed by atoms with E-state index in [2.05, 4.69) is 32.2 Å². The lowest BCUT2D eigenvalue weighted by molar-refractivity contribution is 0.420. The van der Waals surface area contributed by atoms with Gasteiger partial charge < -0.3 is 5.32 Å². The lowest BCUT2D eigenvalue weighted by Gasteiger charge is -2.24. The summed E-state index contributed by atoms with van der Waals surface area (Å²) >= 11 is 0. The molecule has 0 amide bonds. The highest BCUT2D eigenvalue weighted by Gasteiger charge is 2.20. The number of hydrogen-bond donors (Lipinski definition) is 1. The average molecular weight is 283 g/mol. The third kappa shape index (κ3) is 3.42. The van der Waals surface area contributed by atoms with Crippen LogP contribution in [0.4, 0.5) is 0 Å². The summed E-state index contributed by atoms with van der Waals surface area (Å²) in [6.07, 6.45) is 11.5. The Bertz CT molecular complexity index is 584. The van der Waals surface area contributed by atoms with Crippen LogP contribution in [0, 0.1) is 5.92 Å². The second-order valence-electron chi connectivity index (χ2n) is 5.57. The van der Waals surface area contributed by atoms with Gasteiger partial charge in [0.05, 0.1) is 6.20 Å². The first-order valence-corrected chi connectivity index (χ1v) is 7.68. The third-order valence-electron chi connectivity index (χ3n) is 3.90. The first kappa shape index (κ1) is 14.1. The minimum atomic E-state index is 0.685. The summed E-state index contributed by atoms with van der Waals surface area (Å²) in [5.74, 6) is 1.39. The number of nitrogens with one attached hydrogen (secondary N) is 1. The topological polar surface area (TPSA) is 63.6 Å². The zero-order valence-corrected chi connectivity index (χ0v) is 12.4. The van der Waals surface area contributed by atoms with Crippen LogP contribution in [0.2, 0.25) is 0 Å². The van der Waals surface area contributed by atoms with Crippen molar-refractivity contribution in [1.29, 1.82) is 0 Å². The van der Waals surface area contributed by atoms with Crippen LogP contribution in [0.3, 0.4) is 0 Å². The van der Waals surface area contributed by atoms with Crippen molar-refractivity contribution >= 4 is 0 Å². The fraction of sp³-hybridized carbons (Fsp3) is 0.500. The molecule has 0 radical (unpaired) electrons. The molecule has 1 aliphatic rings. The van der Waals surface area contributed by atoms with E-state index in [1.165, 1.54) is 24.1 Å². The Hall–Kier alpha value is -1.88. The molecule has 2 aromatic heterocycles. The van der Waals surface area contributed by atoms with Crippen molar-refractivity contribution in [3.8, 4) is 11.5 Å². The molecule has 110 valence electrons. The van der Waals surface area contributed by atoms with E-state index in [-0.39, 0.29) is 0 Å². The molecule has 0 saturated carbocycles. The summed E-state index contributed by atoms with van der Waals surface area (Å²) in [6, 6.07) is 0. The molecule has 1 atom stereocenters. The van der Waals surface area contributed by atoms with Crippen LogP contribution in [-0.2, 0) is 12.8 Å². The van der Waals surface area contributed by atoms with Gasteiger partial charge in [-0.3, -0.25) is 4.98 Å². The van der Waals surface area contributed by atoms with Gasteiger partial charge in [-0.15, -0.1) is 0 Å². The Morgan fingerprint density at radius 2 is 2.19 bits per heavy atom. The van der Waals surface area contributed by atoms with E-state index in [4.69, 9.17) is 0 Å². The second-order valence-corrected chi connectivity index (χ2v) is 5.57. The molecule has 5 nitrogen and oxygen atoms in total. The van der Waals surface area contributed by atoms with E-state index in [0.717, 1.165) is 31.6 Å². The lowest BCUT2D eigenvalue weighted by atomic mass is 9.87. The first-order chi connectivity index (χ1) is 10.4. The maximum atomic E-state index is 4.68. The first-order valence-electron chi connectivity index (χ1n) is 7.68. The fourth-order valence-corrected chi connectivity index (χ4v) is 2.78. The molecule has 1 aliphatic carbocycles. The van der Waals surface area contributed by atoms with Gasteiger partial charge in [-0.1, -0.05) is 6.92 Å². The zero-order valence-electron chi connectivity index (χ0n) is 12.4. The van der Waals surface area contributed by atoms with E-state index in [0.29, 0.717) is 11.7 Å². The van der Waals surface area contributed by atoms with Crippen LogP contribution in [0.5, 0.6) is 0 Å². The molecule has 21 heavy (non-hydrogen) atoms. The molecule has 0 aromatic carbocycles. The molecule has 2 aromatic rings. The van der Waals surface area contributed by atoms with Gasteiger partial charge >= 0.3 is 0 Å². The molecule has 1 unspecified atom stereocenters. The van der Waals surface area contributed by atoms with Crippen molar-refractivity contribution in [1.82, 2.24) is 25.3 Å². The highest BCUT2D eigenvalue weighted by Crippen LogP contribution is 2.24. The van der Waals surface area contributed by atoms with E-state index >= 15 is 0 Å². The quantitative estimate of drug-likeness (QED) is 0.851. The highest BCUT2D eigenvalue weighted by molar-refractivity contribution is 5.47. The van der Waals surface area contributed by atoms with Gasteiger partial charge in [-0.05, 0) is 50.3 Å². The summed E-state index contributed by atoms with van der Waals surface area (Å²) in [7, 11) is 0. The fourth-order valence-electron chi connectivity index (χ4n) is 2.78. The van der Waals surface area contributed by atoms with Gasteiger partial charge in [-0.25, -0.2) is 15.0 Å². The summed E-state index contributed by atoms with van der Waals surface area (Å²) in [4.78, 5) is 17.5. The standard InChI is InChI=1S/C16H21N5/c1-2-5-17-9-12-3-4-14-13(8-12)10-20-16(21-14)15-11-18-6-7-19-15/h6-7,10-12,17H,2-5,8-9H2,1H3. The van der Waals surface area contributed by atoms with Crippen molar-refractivity contribution in [2.24, 2.45) is 5.92 Å². The number of nitrogens with zero attached hydrogens (tertiary/aromatic N) is 4. The van der Waals surface area contributed by atoms with Gasteiger partial charge in [0.2, 0.25) is 0 Å². The maximum Gasteiger partial charge on any atom is 0.179 e. The smallest absolute Gasteiger partial charge is 0.179 e. The Labute approximate surface area is 125 Å². The van der Waals surface area contributed by atoms with Gasteiger partial charge in [-0.2, -0.15) is 0 Å². The van der Waals surface area contributed by atoms with E-state index < -0.39 is 0 Å². The molecule has 5 heteroatoms. The number of rotatable bonds is 5. The van der Waals surface area contributed by atoms with Crippen LogP contribution in [0.25, 0.3) is 11.5 Å². The van der Waals surface area contributed by atoms with E-state index in [9.17, 15) is 0 Å². The highest BCUT2D eigenvalue weighted by atomic mass is 14.9. The van der Waals surface area contributed by atoms with Crippen molar-refractivity contribution in [2.75, 3.05) is 13.1 Å². The molecule has 2 heterocycles. The minimum Gasteiger partial charge on any atom is -0.316 e. The van der Waals surface area contributed by atoms with Crippen molar-refractivity contribution in [2.45, 2.75) is 32.6 Å². The molecular formula is C16H21N5. The zero-order chi connectivity index (χ0) is 14.5. The summed E-state index contributed by atoms with van der Waals surface area (Å²) in [5, 5.41) is 3.51. The number of fused-ring (bicyclic) bond motifs is 1. The molecule has 1 N–H and O–H groups in total. The van der Waals surface area contributed by atoms with Gasteiger partial charge in [0.1, 0.15) is 5.69 Å². The van der Waals surface area contributed by atoms with Crippen LogP contribution < -0.4 is 5.32 Å². The van der Waals surface area contributed by atoms with Crippen molar-refractivity contribution < 1.29 is 0 Å². The average Bonchev–Trinajstić information content (AvgIpc) is 2.55. The molecular weight excluding hydrogens is 262 g/mol. The number of aromatic nitrogens is 4. The molecule has 0 aliphatic heterocycles. The normalized spacial score (nSPS) is 17.5. The molecule has 0 bridgehead atoms. The van der Waals surface area contributed by atoms with Gasteiger partial charge in [0, 0.05) is 24.3 Å². The third-order valence-corrected chi connectivity index (χ3v) is 3.90. The van der Waals surface area contributed by atoms with Crippen LogP contribution in [0.15, 0.2) is 24.8 Å². The van der Waals surface area contributed by atoms with Crippen LogP contribution in [0.1, 0.15) is 31.0 Å². The number of aryl methyl sites for hydroxylation is 1. The summed E-state index contributed by atoms with van der Waals surface area (Å²) in [5.41, 5.74) is 3.21. The maximum absolute atomic E-state index is 4.68. The number of hydrogen-bond acceptors (Lipinski definition) is 5. The predicted molar refractivity (Wildman–Crippen MR) is 81.7 cm³/mol. The predicted octanol–water partition coefficient (Wildman–Crippen LogP) is 2.04. The minimum absolute atomic E-state index is 0.685. The van der Waals surface area contributed by atoms with Crippen molar-refractivity contribution in [3.63, 3.8) is 0 Å². The van der Waals surface area contributed by atoms with Crippen LogP contribution in [-0.4, -0.2) is 33.0 Å². The van der Waals surface area contributed by atoms with Crippen LogP contribution >= 0.6 is 0 Å². The molecule has 3 rings (SSSR count). The second kappa shape index (κ2) is 6.72. The van der Waals surface area contributed by atoms with Crippen molar-refractivity contribution in [3.05, 3.63) is 36.0 Å². The molecule has 0 fully saturated rings. The van der Waals surface area contributed by atoms with Gasteiger partial charge in [0.25, 0.3) is 0 Å².